The first-order valence-corrected chi connectivity index (χ1v) is 5.68. The van der Waals surface area contributed by atoms with Gasteiger partial charge in [0.2, 0.25) is 0 Å². The fraction of sp³-hybridized carbons (Fsp3) is 0.167. The summed E-state index contributed by atoms with van der Waals surface area (Å²) in [4.78, 5) is 6.76. The van der Waals surface area contributed by atoms with Gasteiger partial charge in [0.1, 0.15) is 10.4 Å². The lowest BCUT2D eigenvalue weighted by Gasteiger charge is -2.11. The molecule has 1 N–H and O–H groups in total. The van der Waals surface area contributed by atoms with Gasteiger partial charge in [0.05, 0.1) is 12.0 Å². The summed E-state index contributed by atoms with van der Waals surface area (Å²) >= 11 is 5.02. The van der Waals surface area contributed by atoms with Crippen molar-refractivity contribution in [2.24, 2.45) is 0 Å². The van der Waals surface area contributed by atoms with Gasteiger partial charge in [-0.2, -0.15) is 0 Å². The monoisotopic (exact) mass is 286 g/mol. The quantitative estimate of drug-likeness (QED) is 0.847. The Bertz CT molecular complexity index is 652. The van der Waals surface area contributed by atoms with Crippen molar-refractivity contribution in [3.63, 3.8) is 0 Å². The average Bonchev–Trinajstić information content (AvgIpc) is 2.31. The molecule has 0 amide bonds. The Morgan fingerprint density at radius 3 is 2.74 bits per heavy atom. The van der Waals surface area contributed by atoms with Gasteiger partial charge in [-0.15, -0.1) is 13.2 Å². The van der Waals surface area contributed by atoms with Crippen LogP contribution in [0.3, 0.4) is 0 Å². The highest BCUT2D eigenvalue weighted by Crippen LogP contribution is 2.28. The zero-order chi connectivity index (χ0) is 14.0. The zero-order valence-corrected chi connectivity index (χ0v) is 10.6. The molecule has 0 atom stereocenters. The maximum absolute atomic E-state index is 12.2. The Balaban J connectivity index is 2.44. The number of rotatable bonds is 2. The lowest BCUT2D eigenvalue weighted by atomic mass is 10.1. The minimum atomic E-state index is -4.71. The summed E-state index contributed by atoms with van der Waals surface area (Å²) in [6, 6.07) is 5.67. The first-order valence-electron chi connectivity index (χ1n) is 5.27. The van der Waals surface area contributed by atoms with Crippen LogP contribution in [0, 0.1) is 11.6 Å². The average molecular weight is 286 g/mol. The van der Waals surface area contributed by atoms with Gasteiger partial charge in [0.25, 0.3) is 0 Å². The summed E-state index contributed by atoms with van der Waals surface area (Å²) in [7, 11) is 0. The molecule has 0 fully saturated rings. The van der Waals surface area contributed by atoms with Crippen LogP contribution in [0.4, 0.5) is 13.2 Å². The van der Waals surface area contributed by atoms with E-state index < -0.39 is 6.36 Å². The number of H-pyrrole nitrogens is 1. The van der Waals surface area contributed by atoms with Gasteiger partial charge >= 0.3 is 6.36 Å². The topological polar surface area (TPSA) is 37.9 Å². The number of ether oxygens (including phenoxy) is 1. The highest BCUT2D eigenvalue weighted by molar-refractivity contribution is 7.71. The van der Waals surface area contributed by atoms with Crippen LogP contribution in [0.1, 0.15) is 5.56 Å². The fourth-order valence-electron chi connectivity index (χ4n) is 1.62. The van der Waals surface area contributed by atoms with E-state index in [2.05, 4.69) is 14.7 Å². The molecule has 0 aliphatic rings. The molecule has 0 bridgehead atoms. The third-order valence-corrected chi connectivity index (χ3v) is 2.85. The van der Waals surface area contributed by atoms with Crippen LogP contribution >= 0.6 is 12.2 Å². The molecule has 3 nitrogen and oxygen atoms in total. The van der Waals surface area contributed by atoms with Crippen LogP contribution < -0.4 is 4.74 Å². The number of benzene rings is 1. The molecule has 0 saturated carbocycles. The van der Waals surface area contributed by atoms with Crippen molar-refractivity contribution >= 4 is 12.2 Å². The molecule has 0 unspecified atom stereocenters. The zero-order valence-electron chi connectivity index (χ0n) is 9.78. The van der Waals surface area contributed by atoms with E-state index in [1.165, 1.54) is 24.5 Å². The molecule has 1 aromatic carbocycles. The SMILES string of the molecule is Cc1c(-c2cccc(OC(F)(F)F)c2)[nH]cnc1=S. The van der Waals surface area contributed by atoms with Crippen LogP contribution in [0.2, 0.25) is 0 Å². The van der Waals surface area contributed by atoms with Gasteiger partial charge in [-0.05, 0) is 19.1 Å². The van der Waals surface area contributed by atoms with Crippen molar-refractivity contribution in [3.8, 4) is 17.0 Å². The Kier molecular flexibility index (Phi) is 3.57. The van der Waals surface area contributed by atoms with E-state index >= 15 is 0 Å². The molecule has 0 radical (unpaired) electrons. The van der Waals surface area contributed by atoms with E-state index in [1.54, 1.807) is 13.0 Å². The van der Waals surface area contributed by atoms with E-state index in [1.807, 2.05) is 0 Å². The Labute approximate surface area is 112 Å². The van der Waals surface area contributed by atoms with Crippen LogP contribution in [-0.4, -0.2) is 16.3 Å². The number of hydrogen-bond acceptors (Lipinski definition) is 3. The normalized spacial score (nSPS) is 11.4. The van der Waals surface area contributed by atoms with Crippen LogP contribution in [0.25, 0.3) is 11.3 Å². The number of aromatic amines is 1. The minimum Gasteiger partial charge on any atom is -0.406 e. The van der Waals surface area contributed by atoms with Crippen molar-refractivity contribution in [2.75, 3.05) is 0 Å². The van der Waals surface area contributed by atoms with E-state index in [0.717, 1.165) is 0 Å². The summed E-state index contributed by atoms with van der Waals surface area (Å²) < 4.78 is 40.8. The van der Waals surface area contributed by atoms with Gasteiger partial charge in [-0.25, -0.2) is 4.98 Å². The maximum Gasteiger partial charge on any atom is 0.573 e. The van der Waals surface area contributed by atoms with Gasteiger partial charge in [-0.3, -0.25) is 0 Å². The highest BCUT2D eigenvalue weighted by atomic mass is 32.1. The largest absolute Gasteiger partial charge is 0.573 e. The smallest absolute Gasteiger partial charge is 0.406 e. The van der Waals surface area contributed by atoms with Crippen molar-refractivity contribution < 1.29 is 17.9 Å². The molecule has 1 heterocycles. The lowest BCUT2D eigenvalue weighted by molar-refractivity contribution is -0.274. The lowest BCUT2D eigenvalue weighted by Crippen LogP contribution is -2.17. The summed E-state index contributed by atoms with van der Waals surface area (Å²) in [6.45, 7) is 1.75. The molecular weight excluding hydrogens is 277 g/mol. The third-order valence-electron chi connectivity index (χ3n) is 2.44. The molecule has 100 valence electrons. The predicted molar refractivity (Wildman–Crippen MR) is 66.3 cm³/mol. The van der Waals surface area contributed by atoms with Crippen molar-refractivity contribution in [2.45, 2.75) is 13.3 Å². The van der Waals surface area contributed by atoms with Crippen molar-refractivity contribution in [1.82, 2.24) is 9.97 Å². The molecule has 0 saturated heterocycles. The van der Waals surface area contributed by atoms with E-state index in [9.17, 15) is 13.2 Å². The fourth-order valence-corrected chi connectivity index (χ4v) is 1.77. The second-order valence-corrected chi connectivity index (χ2v) is 4.17. The number of alkyl halides is 3. The first-order chi connectivity index (χ1) is 8.87. The molecule has 0 aliphatic heterocycles. The summed E-state index contributed by atoms with van der Waals surface area (Å²) in [5, 5.41) is 0. The molecular formula is C12H9F3N2OS. The number of hydrogen-bond donors (Lipinski definition) is 1. The second-order valence-electron chi connectivity index (χ2n) is 3.78. The molecule has 19 heavy (non-hydrogen) atoms. The molecule has 2 rings (SSSR count). The predicted octanol–water partition coefficient (Wildman–Crippen LogP) is 4.01. The van der Waals surface area contributed by atoms with Crippen LogP contribution in [-0.2, 0) is 0 Å². The van der Waals surface area contributed by atoms with E-state index in [0.29, 0.717) is 21.5 Å². The number of halogens is 3. The molecule has 0 aliphatic carbocycles. The molecule has 1 aromatic heterocycles. The second kappa shape index (κ2) is 5.00. The summed E-state index contributed by atoms with van der Waals surface area (Å²) in [5.41, 5.74) is 1.86. The van der Waals surface area contributed by atoms with E-state index in [-0.39, 0.29) is 5.75 Å². The highest BCUT2D eigenvalue weighted by Gasteiger charge is 2.31. The summed E-state index contributed by atoms with van der Waals surface area (Å²) in [5.74, 6) is -0.277. The standard InChI is InChI=1S/C12H9F3N2OS/c1-7-10(16-6-17-11(7)19)8-3-2-4-9(5-8)18-12(13,14)15/h2-6H,1H3,(H,16,17,19). The van der Waals surface area contributed by atoms with Crippen LogP contribution in [0.5, 0.6) is 5.75 Å². The molecule has 7 heteroatoms. The van der Waals surface area contributed by atoms with Gasteiger partial charge < -0.3 is 9.72 Å². The Morgan fingerprint density at radius 2 is 2.05 bits per heavy atom. The number of nitrogens with one attached hydrogen (secondary N) is 1. The number of aromatic nitrogens is 2. The van der Waals surface area contributed by atoms with Gasteiger partial charge in [-0.1, -0.05) is 24.4 Å². The summed E-state index contributed by atoms with van der Waals surface area (Å²) in [6.07, 6.45) is -3.30. The third kappa shape index (κ3) is 3.31. The van der Waals surface area contributed by atoms with Crippen molar-refractivity contribution in [1.29, 1.82) is 0 Å². The minimum absolute atomic E-state index is 0.277. The number of nitrogens with zero attached hydrogens (tertiary/aromatic N) is 1. The maximum atomic E-state index is 12.2. The molecule has 2 aromatic rings. The van der Waals surface area contributed by atoms with Crippen molar-refractivity contribution in [3.05, 3.63) is 40.8 Å². The van der Waals surface area contributed by atoms with Gasteiger partial charge in [0, 0.05) is 11.1 Å². The Hall–Kier alpha value is -1.89. The van der Waals surface area contributed by atoms with Crippen LogP contribution in [0.15, 0.2) is 30.6 Å². The Morgan fingerprint density at radius 1 is 1.32 bits per heavy atom. The first kappa shape index (κ1) is 13.5. The van der Waals surface area contributed by atoms with Gasteiger partial charge in [0.15, 0.2) is 0 Å². The van der Waals surface area contributed by atoms with E-state index in [4.69, 9.17) is 12.2 Å². The molecule has 0 spiro atoms.